The molecule has 0 saturated heterocycles. The van der Waals surface area contributed by atoms with E-state index in [2.05, 4.69) is 17.1 Å². The lowest BCUT2D eigenvalue weighted by Crippen LogP contribution is -2.03. The number of benzene rings is 1. The van der Waals surface area contributed by atoms with E-state index >= 15 is 0 Å². The second-order valence-electron chi connectivity index (χ2n) is 4.03. The van der Waals surface area contributed by atoms with E-state index in [0.717, 1.165) is 22.2 Å². The van der Waals surface area contributed by atoms with Crippen molar-refractivity contribution in [3.63, 3.8) is 0 Å². The number of rotatable bonds is 2. The Hall–Kier alpha value is -1.41. The second kappa shape index (κ2) is 3.99. The smallest absolute Gasteiger partial charge is 0.0705 e. The van der Waals surface area contributed by atoms with Gasteiger partial charge >= 0.3 is 0 Å². The molecule has 1 heterocycles. The molecule has 0 aliphatic rings. The number of pyridine rings is 1. The highest BCUT2D eigenvalue weighted by molar-refractivity contribution is 5.79. The van der Waals surface area contributed by atoms with Crippen LogP contribution in [0.3, 0.4) is 0 Å². The summed E-state index contributed by atoms with van der Waals surface area (Å²) in [4.78, 5) is 4.43. The Morgan fingerprint density at radius 1 is 1.27 bits per heavy atom. The van der Waals surface area contributed by atoms with Gasteiger partial charge in [-0.2, -0.15) is 0 Å². The third-order valence-electron chi connectivity index (χ3n) is 2.42. The fourth-order valence-electron chi connectivity index (χ4n) is 1.75. The predicted molar refractivity (Wildman–Crippen MR) is 61.9 cm³/mol. The molecule has 78 valence electrons. The molecule has 2 rings (SSSR count). The van der Waals surface area contributed by atoms with Crippen molar-refractivity contribution >= 4 is 10.9 Å². The van der Waals surface area contributed by atoms with Crippen LogP contribution in [-0.4, -0.2) is 16.2 Å². The highest BCUT2D eigenvalue weighted by Gasteiger charge is 2.01. The number of nitrogens with zero attached hydrogens (tertiary/aromatic N) is 1. The van der Waals surface area contributed by atoms with Gasteiger partial charge in [0.2, 0.25) is 0 Å². The highest BCUT2D eigenvalue weighted by atomic mass is 16.3. The van der Waals surface area contributed by atoms with Crippen LogP contribution in [0.2, 0.25) is 0 Å². The summed E-state index contributed by atoms with van der Waals surface area (Å²) in [6, 6.07) is 10.2. The summed E-state index contributed by atoms with van der Waals surface area (Å²) < 4.78 is 0. The van der Waals surface area contributed by atoms with Crippen molar-refractivity contribution in [1.82, 2.24) is 4.98 Å². The Labute approximate surface area is 89.6 Å². The molecule has 0 spiro atoms. The molecule has 15 heavy (non-hydrogen) atoms. The normalized spacial score (nSPS) is 13.0. The van der Waals surface area contributed by atoms with Crippen LogP contribution in [-0.2, 0) is 6.42 Å². The van der Waals surface area contributed by atoms with Crippen LogP contribution in [0.1, 0.15) is 18.2 Å². The molecule has 0 radical (unpaired) electrons. The summed E-state index contributed by atoms with van der Waals surface area (Å²) >= 11 is 0. The number of hydrogen-bond donors (Lipinski definition) is 1. The summed E-state index contributed by atoms with van der Waals surface area (Å²) in [7, 11) is 0. The molecule has 1 aromatic heterocycles. The summed E-state index contributed by atoms with van der Waals surface area (Å²) in [5.74, 6) is 0. The van der Waals surface area contributed by atoms with Gasteiger partial charge in [-0.05, 0) is 44.0 Å². The van der Waals surface area contributed by atoms with Crippen molar-refractivity contribution in [1.29, 1.82) is 0 Å². The van der Waals surface area contributed by atoms with E-state index in [-0.39, 0.29) is 6.10 Å². The molecular weight excluding hydrogens is 186 g/mol. The Morgan fingerprint density at radius 2 is 2.07 bits per heavy atom. The van der Waals surface area contributed by atoms with E-state index in [1.165, 1.54) is 0 Å². The van der Waals surface area contributed by atoms with Crippen molar-refractivity contribution in [3.8, 4) is 0 Å². The van der Waals surface area contributed by atoms with Crippen molar-refractivity contribution in [2.24, 2.45) is 0 Å². The molecule has 0 amide bonds. The van der Waals surface area contributed by atoms with Gasteiger partial charge in [-0.3, -0.25) is 4.98 Å². The van der Waals surface area contributed by atoms with Gasteiger partial charge < -0.3 is 5.11 Å². The monoisotopic (exact) mass is 201 g/mol. The maximum absolute atomic E-state index is 9.31. The van der Waals surface area contributed by atoms with Crippen molar-refractivity contribution in [3.05, 3.63) is 41.6 Å². The average molecular weight is 201 g/mol. The molecule has 0 fully saturated rings. The van der Waals surface area contributed by atoms with Crippen LogP contribution in [0.25, 0.3) is 10.9 Å². The third kappa shape index (κ3) is 2.34. The van der Waals surface area contributed by atoms with Gasteiger partial charge in [-0.15, -0.1) is 0 Å². The zero-order valence-corrected chi connectivity index (χ0v) is 9.07. The lowest BCUT2D eigenvalue weighted by atomic mass is 10.1. The van der Waals surface area contributed by atoms with Crippen molar-refractivity contribution in [2.45, 2.75) is 26.4 Å². The van der Waals surface area contributed by atoms with Crippen molar-refractivity contribution < 1.29 is 5.11 Å². The second-order valence-corrected chi connectivity index (χ2v) is 4.03. The van der Waals surface area contributed by atoms with E-state index in [4.69, 9.17) is 0 Å². The summed E-state index contributed by atoms with van der Waals surface area (Å²) in [6.07, 6.45) is 0.407. The number of hydrogen-bond acceptors (Lipinski definition) is 2. The van der Waals surface area contributed by atoms with Gasteiger partial charge in [0.15, 0.2) is 0 Å². The lowest BCUT2D eigenvalue weighted by Gasteiger charge is -2.05. The fraction of sp³-hybridized carbons (Fsp3) is 0.308. The minimum Gasteiger partial charge on any atom is -0.393 e. The van der Waals surface area contributed by atoms with E-state index in [1.54, 1.807) is 6.92 Å². The number of aliphatic hydroxyl groups is 1. The lowest BCUT2D eigenvalue weighted by molar-refractivity contribution is 0.195. The van der Waals surface area contributed by atoms with Gasteiger partial charge in [0.1, 0.15) is 0 Å². The van der Waals surface area contributed by atoms with Gasteiger partial charge in [0.05, 0.1) is 11.6 Å². The number of fused-ring (bicyclic) bond motifs is 1. The van der Waals surface area contributed by atoms with Crippen LogP contribution in [0.5, 0.6) is 0 Å². The first-order valence-corrected chi connectivity index (χ1v) is 5.19. The zero-order chi connectivity index (χ0) is 10.8. The first kappa shape index (κ1) is 10.1. The topological polar surface area (TPSA) is 33.1 Å². The highest BCUT2D eigenvalue weighted by Crippen LogP contribution is 2.15. The summed E-state index contributed by atoms with van der Waals surface area (Å²) in [5, 5.41) is 10.4. The molecular formula is C13H15NO. The third-order valence-corrected chi connectivity index (χ3v) is 2.42. The van der Waals surface area contributed by atoms with Crippen molar-refractivity contribution in [2.75, 3.05) is 0 Å². The number of aryl methyl sites for hydroxylation is 1. The summed E-state index contributed by atoms with van der Waals surface area (Å²) in [6.45, 7) is 3.79. The minimum atomic E-state index is -0.291. The first-order chi connectivity index (χ1) is 7.15. The minimum absolute atomic E-state index is 0.291. The molecule has 0 saturated carbocycles. The van der Waals surface area contributed by atoms with E-state index < -0.39 is 0 Å². The maximum atomic E-state index is 9.31. The summed E-state index contributed by atoms with van der Waals surface area (Å²) in [5.41, 5.74) is 3.21. The molecule has 0 aliphatic carbocycles. The van der Waals surface area contributed by atoms with Gasteiger partial charge in [0, 0.05) is 11.1 Å². The molecule has 1 atom stereocenters. The Morgan fingerprint density at radius 3 is 2.80 bits per heavy atom. The molecule has 1 aromatic carbocycles. The zero-order valence-electron chi connectivity index (χ0n) is 9.07. The molecule has 2 aromatic rings. The quantitative estimate of drug-likeness (QED) is 0.809. The van der Waals surface area contributed by atoms with Gasteiger partial charge in [-0.1, -0.05) is 12.1 Å². The SMILES string of the molecule is Cc1ccc2cc(C[C@H](C)O)ccc2n1. The predicted octanol–water partition coefficient (Wildman–Crippen LogP) is 2.47. The van der Waals surface area contributed by atoms with Crippen LogP contribution in [0.15, 0.2) is 30.3 Å². The Balaban J connectivity index is 2.43. The largest absolute Gasteiger partial charge is 0.393 e. The van der Waals surface area contributed by atoms with Crippen LogP contribution in [0, 0.1) is 6.92 Å². The fourth-order valence-corrected chi connectivity index (χ4v) is 1.75. The van der Waals surface area contributed by atoms with E-state index in [0.29, 0.717) is 6.42 Å². The molecule has 2 nitrogen and oxygen atoms in total. The number of aliphatic hydroxyl groups excluding tert-OH is 1. The average Bonchev–Trinajstić information content (AvgIpc) is 2.17. The van der Waals surface area contributed by atoms with Crippen LogP contribution >= 0.6 is 0 Å². The molecule has 0 unspecified atom stereocenters. The Bertz CT molecular complexity index is 477. The standard InChI is InChI=1S/C13H15NO/c1-9-3-5-12-8-11(7-10(2)15)4-6-13(12)14-9/h3-6,8,10,15H,7H2,1-2H3/t10-/m0/s1. The van der Waals surface area contributed by atoms with E-state index in [1.807, 2.05) is 25.1 Å². The van der Waals surface area contributed by atoms with Crippen LogP contribution in [0.4, 0.5) is 0 Å². The maximum Gasteiger partial charge on any atom is 0.0705 e. The van der Waals surface area contributed by atoms with E-state index in [9.17, 15) is 5.11 Å². The molecule has 2 heteroatoms. The van der Waals surface area contributed by atoms with Gasteiger partial charge in [-0.25, -0.2) is 0 Å². The molecule has 1 N–H and O–H groups in total. The molecule has 0 aliphatic heterocycles. The number of aromatic nitrogens is 1. The molecule has 0 bridgehead atoms. The van der Waals surface area contributed by atoms with Crippen LogP contribution < -0.4 is 0 Å². The van der Waals surface area contributed by atoms with Gasteiger partial charge in [0.25, 0.3) is 0 Å². The Kier molecular flexibility index (Phi) is 2.69. The first-order valence-electron chi connectivity index (χ1n) is 5.19.